The molecule has 5 nitrogen and oxygen atoms in total. The second kappa shape index (κ2) is 7.66. The van der Waals surface area contributed by atoms with Crippen LogP contribution in [0.5, 0.6) is 5.75 Å². The fraction of sp³-hybridized carbons (Fsp3) is 0.444. The van der Waals surface area contributed by atoms with Gasteiger partial charge in [-0.1, -0.05) is 12.1 Å². The maximum Gasteiger partial charge on any atom is 0.239 e. The number of rotatable bonds is 6. The molecule has 6 heteroatoms. The summed E-state index contributed by atoms with van der Waals surface area (Å²) in [4.78, 5) is 18.3. The van der Waals surface area contributed by atoms with Gasteiger partial charge in [-0.3, -0.25) is 4.79 Å². The molecule has 128 valence electrons. The van der Waals surface area contributed by atoms with Crippen LogP contribution in [0.3, 0.4) is 0 Å². The summed E-state index contributed by atoms with van der Waals surface area (Å²) in [5.41, 5.74) is 2.04. The van der Waals surface area contributed by atoms with E-state index in [-0.39, 0.29) is 18.5 Å². The van der Waals surface area contributed by atoms with Crippen LogP contribution in [0.25, 0.3) is 0 Å². The van der Waals surface area contributed by atoms with Crippen molar-refractivity contribution < 1.29 is 9.53 Å². The van der Waals surface area contributed by atoms with Gasteiger partial charge in [-0.25, -0.2) is 4.98 Å². The number of para-hydroxylation sites is 2. The Morgan fingerprint density at radius 1 is 1.33 bits per heavy atom. The predicted molar refractivity (Wildman–Crippen MR) is 96.8 cm³/mol. The number of anilines is 1. The molecule has 3 rings (SSSR count). The van der Waals surface area contributed by atoms with E-state index in [1.165, 1.54) is 23.4 Å². The molecule has 1 atom stereocenters. The summed E-state index contributed by atoms with van der Waals surface area (Å²) in [6.07, 6.45) is 4.67. The molecular weight excluding hydrogens is 322 g/mol. The average Bonchev–Trinajstić information content (AvgIpc) is 3.04. The summed E-state index contributed by atoms with van der Waals surface area (Å²) < 4.78 is 5.27. The van der Waals surface area contributed by atoms with Crippen molar-refractivity contribution in [3.05, 3.63) is 39.8 Å². The molecule has 1 amide bonds. The largest absolute Gasteiger partial charge is 0.495 e. The number of fused-ring (bicyclic) bond motifs is 1. The van der Waals surface area contributed by atoms with Crippen LogP contribution in [0.2, 0.25) is 0 Å². The summed E-state index contributed by atoms with van der Waals surface area (Å²) in [6, 6.07) is 7.50. The van der Waals surface area contributed by atoms with E-state index in [0.717, 1.165) is 29.3 Å². The molecule has 0 aliphatic heterocycles. The average molecular weight is 345 g/mol. The first-order valence-electron chi connectivity index (χ1n) is 8.32. The van der Waals surface area contributed by atoms with Crippen molar-refractivity contribution >= 4 is 22.9 Å². The zero-order valence-corrected chi connectivity index (χ0v) is 14.9. The highest BCUT2D eigenvalue weighted by atomic mass is 32.1. The number of hydrogen-bond donors (Lipinski definition) is 2. The van der Waals surface area contributed by atoms with E-state index < -0.39 is 0 Å². The van der Waals surface area contributed by atoms with Gasteiger partial charge in [0, 0.05) is 4.88 Å². The van der Waals surface area contributed by atoms with Crippen LogP contribution < -0.4 is 15.4 Å². The van der Waals surface area contributed by atoms with E-state index in [0.29, 0.717) is 0 Å². The van der Waals surface area contributed by atoms with E-state index in [4.69, 9.17) is 9.72 Å². The number of carbonyl (C=O) groups excluding carboxylic acids is 1. The highest BCUT2D eigenvalue weighted by molar-refractivity contribution is 7.11. The zero-order valence-electron chi connectivity index (χ0n) is 14.1. The minimum Gasteiger partial charge on any atom is -0.495 e. The van der Waals surface area contributed by atoms with E-state index in [2.05, 4.69) is 10.6 Å². The number of nitrogens with zero attached hydrogens (tertiary/aromatic N) is 1. The van der Waals surface area contributed by atoms with E-state index in [9.17, 15) is 4.79 Å². The summed E-state index contributed by atoms with van der Waals surface area (Å²) in [5.74, 6) is 0.674. The molecule has 1 aromatic heterocycles. The first-order valence-corrected chi connectivity index (χ1v) is 9.13. The molecule has 1 aromatic carbocycles. The van der Waals surface area contributed by atoms with E-state index >= 15 is 0 Å². The number of carbonyl (C=O) groups is 1. The van der Waals surface area contributed by atoms with Crippen LogP contribution >= 0.6 is 11.3 Å². The van der Waals surface area contributed by atoms with Gasteiger partial charge >= 0.3 is 0 Å². The number of nitrogens with one attached hydrogen (secondary N) is 2. The molecule has 1 aliphatic rings. The van der Waals surface area contributed by atoms with Gasteiger partial charge in [0.1, 0.15) is 10.8 Å². The number of ether oxygens (including phenoxy) is 1. The summed E-state index contributed by atoms with van der Waals surface area (Å²) in [5, 5.41) is 7.14. The van der Waals surface area contributed by atoms with Gasteiger partial charge in [-0.2, -0.15) is 0 Å². The second-order valence-electron chi connectivity index (χ2n) is 5.97. The Hall–Kier alpha value is -2.08. The van der Waals surface area contributed by atoms with Gasteiger partial charge in [-0.15, -0.1) is 11.3 Å². The molecule has 0 unspecified atom stereocenters. The maximum atomic E-state index is 12.2. The summed E-state index contributed by atoms with van der Waals surface area (Å²) in [7, 11) is 1.62. The topological polar surface area (TPSA) is 63.2 Å². The van der Waals surface area contributed by atoms with Crippen molar-refractivity contribution in [2.45, 2.75) is 38.6 Å². The van der Waals surface area contributed by atoms with Crippen LogP contribution in [0, 0.1) is 0 Å². The SMILES string of the molecule is COc1ccccc1NCC(=O)N[C@H](C)c1nc2c(s1)CCCC2. The molecular formula is C18H23N3O2S. The van der Waals surface area contributed by atoms with Crippen LogP contribution in [0.1, 0.15) is 41.4 Å². The van der Waals surface area contributed by atoms with Crippen molar-refractivity contribution in [1.29, 1.82) is 0 Å². The summed E-state index contributed by atoms with van der Waals surface area (Å²) in [6.45, 7) is 2.20. The molecule has 1 heterocycles. The normalized spacial score (nSPS) is 14.6. The Kier molecular flexibility index (Phi) is 5.35. The van der Waals surface area contributed by atoms with E-state index in [1.54, 1.807) is 18.4 Å². The Morgan fingerprint density at radius 3 is 2.92 bits per heavy atom. The standard InChI is InChI=1S/C18H23N3O2S/c1-12(18-21-14-8-4-6-10-16(14)24-18)20-17(22)11-19-13-7-3-5-9-15(13)23-2/h3,5,7,9,12,19H,4,6,8,10-11H2,1-2H3,(H,20,22)/t12-/m1/s1. The van der Waals surface area contributed by atoms with Crippen molar-refractivity contribution in [1.82, 2.24) is 10.3 Å². The lowest BCUT2D eigenvalue weighted by Crippen LogP contribution is -2.32. The molecule has 0 saturated heterocycles. The van der Waals surface area contributed by atoms with Crippen LogP contribution in [-0.4, -0.2) is 24.5 Å². The third kappa shape index (κ3) is 3.87. The third-order valence-corrected chi connectivity index (χ3v) is 5.50. The zero-order chi connectivity index (χ0) is 16.9. The van der Waals surface area contributed by atoms with Gasteiger partial charge in [0.25, 0.3) is 0 Å². The predicted octanol–water partition coefficient (Wildman–Crippen LogP) is 3.32. The molecule has 0 bridgehead atoms. The number of aryl methyl sites for hydroxylation is 2. The smallest absolute Gasteiger partial charge is 0.239 e. The Labute approximate surface area is 146 Å². The fourth-order valence-electron chi connectivity index (χ4n) is 2.88. The van der Waals surface area contributed by atoms with Crippen molar-refractivity contribution in [3.8, 4) is 5.75 Å². The number of hydrogen-bond acceptors (Lipinski definition) is 5. The quantitative estimate of drug-likeness (QED) is 0.843. The van der Waals surface area contributed by atoms with Gasteiger partial charge in [0.15, 0.2) is 0 Å². The molecule has 0 saturated carbocycles. The number of methoxy groups -OCH3 is 1. The van der Waals surface area contributed by atoms with Gasteiger partial charge < -0.3 is 15.4 Å². The van der Waals surface area contributed by atoms with Crippen LogP contribution in [0.4, 0.5) is 5.69 Å². The highest BCUT2D eigenvalue weighted by Crippen LogP contribution is 2.29. The molecule has 2 N–H and O–H groups in total. The van der Waals surface area contributed by atoms with Crippen molar-refractivity contribution in [3.63, 3.8) is 0 Å². The number of thiazole rings is 1. The van der Waals surface area contributed by atoms with Crippen LogP contribution in [-0.2, 0) is 17.6 Å². The lowest BCUT2D eigenvalue weighted by Gasteiger charge is -2.13. The molecule has 24 heavy (non-hydrogen) atoms. The molecule has 0 radical (unpaired) electrons. The van der Waals surface area contributed by atoms with Crippen LogP contribution in [0.15, 0.2) is 24.3 Å². The lowest BCUT2D eigenvalue weighted by atomic mass is 10.0. The molecule has 0 spiro atoms. The second-order valence-corrected chi connectivity index (χ2v) is 7.09. The van der Waals surface area contributed by atoms with Gasteiger partial charge in [-0.05, 0) is 44.7 Å². The molecule has 0 fully saturated rings. The Bertz CT molecular complexity index is 691. The van der Waals surface area contributed by atoms with Gasteiger partial charge in [0.2, 0.25) is 5.91 Å². The maximum absolute atomic E-state index is 12.2. The minimum absolute atomic E-state index is 0.0541. The third-order valence-electron chi connectivity index (χ3n) is 4.16. The fourth-order valence-corrected chi connectivity index (χ4v) is 4.03. The minimum atomic E-state index is -0.0624. The van der Waals surface area contributed by atoms with Crippen molar-refractivity contribution in [2.24, 2.45) is 0 Å². The van der Waals surface area contributed by atoms with Gasteiger partial charge in [0.05, 0.1) is 31.1 Å². The van der Waals surface area contributed by atoms with Crippen molar-refractivity contribution in [2.75, 3.05) is 19.0 Å². The number of benzene rings is 1. The lowest BCUT2D eigenvalue weighted by molar-refractivity contribution is -0.120. The first kappa shape index (κ1) is 16.8. The number of amides is 1. The first-order chi connectivity index (χ1) is 11.7. The monoisotopic (exact) mass is 345 g/mol. The molecule has 1 aliphatic carbocycles. The Balaban J connectivity index is 1.55. The van der Waals surface area contributed by atoms with E-state index in [1.807, 2.05) is 31.2 Å². The molecule has 2 aromatic rings. The highest BCUT2D eigenvalue weighted by Gasteiger charge is 2.19. The summed E-state index contributed by atoms with van der Waals surface area (Å²) >= 11 is 1.74. The number of aromatic nitrogens is 1. The Morgan fingerprint density at radius 2 is 2.12 bits per heavy atom.